The Morgan fingerprint density at radius 3 is 1.95 bits per heavy atom. The van der Waals surface area contributed by atoms with Crippen molar-refractivity contribution in [2.75, 3.05) is 13.1 Å². The van der Waals surface area contributed by atoms with Crippen LogP contribution in [-0.4, -0.2) is 46.0 Å². The highest BCUT2D eigenvalue weighted by Crippen LogP contribution is 2.50. The van der Waals surface area contributed by atoms with Crippen molar-refractivity contribution < 1.29 is 49.4 Å². The number of pyridine rings is 1. The smallest absolute Gasteiger partial charge is 0.430 e. The first kappa shape index (κ1) is 28.2. The molecule has 0 atom stereocenters. The maximum Gasteiger partial charge on any atom is 0.430 e. The SMILES string of the molecule is OC(c1ccc(-c2c(F)cc(CN3CCC4(CC3)Cc3c(F)cncc3O4)cc2F)cc1)(C(F)(F)F)C(F)(F)F. The Bertz CT molecular complexity index is 1380. The summed E-state index contributed by atoms with van der Waals surface area (Å²) in [5.74, 6) is -2.15. The Balaban J connectivity index is 1.29. The number of likely N-dealkylation sites (tertiary alicyclic amines) is 1. The highest BCUT2D eigenvalue weighted by Gasteiger charge is 2.71. The van der Waals surface area contributed by atoms with Crippen LogP contribution in [0.25, 0.3) is 11.1 Å². The minimum Gasteiger partial charge on any atom is -0.485 e. The summed E-state index contributed by atoms with van der Waals surface area (Å²) in [5, 5.41) is 9.51. The monoisotopic (exact) mass is 576 g/mol. The van der Waals surface area contributed by atoms with Crippen LogP contribution in [0.15, 0.2) is 48.8 Å². The molecule has 1 saturated heterocycles. The summed E-state index contributed by atoms with van der Waals surface area (Å²) >= 11 is 0. The number of benzene rings is 2. The summed E-state index contributed by atoms with van der Waals surface area (Å²) in [6, 6.07) is 4.11. The molecule has 0 amide bonds. The van der Waals surface area contributed by atoms with E-state index in [0.717, 1.165) is 18.3 Å². The molecule has 0 bridgehead atoms. The zero-order valence-corrected chi connectivity index (χ0v) is 20.5. The molecular weight excluding hydrogens is 555 g/mol. The summed E-state index contributed by atoms with van der Waals surface area (Å²) < 4.78 is 129. The summed E-state index contributed by atoms with van der Waals surface area (Å²) in [7, 11) is 0. The largest absolute Gasteiger partial charge is 0.485 e. The van der Waals surface area contributed by atoms with Gasteiger partial charge in [0, 0.05) is 50.0 Å². The first-order valence-electron chi connectivity index (χ1n) is 12.1. The first-order chi connectivity index (χ1) is 18.6. The molecule has 1 fully saturated rings. The van der Waals surface area contributed by atoms with Crippen molar-refractivity contribution in [3.8, 4) is 16.9 Å². The molecule has 13 heteroatoms. The van der Waals surface area contributed by atoms with E-state index < -0.39 is 52.1 Å². The number of halogens is 9. The molecule has 2 aliphatic heterocycles. The second kappa shape index (κ2) is 9.65. The van der Waals surface area contributed by atoms with E-state index in [1.807, 2.05) is 4.90 Å². The van der Waals surface area contributed by atoms with E-state index in [9.17, 15) is 44.6 Å². The quantitative estimate of drug-likeness (QED) is 0.363. The molecule has 1 aromatic heterocycles. The van der Waals surface area contributed by atoms with Gasteiger partial charge in [0.2, 0.25) is 0 Å². The van der Waals surface area contributed by atoms with E-state index in [2.05, 4.69) is 4.98 Å². The van der Waals surface area contributed by atoms with Crippen LogP contribution in [0.4, 0.5) is 39.5 Å². The van der Waals surface area contributed by atoms with Crippen molar-refractivity contribution in [2.45, 2.75) is 49.4 Å². The van der Waals surface area contributed by atoms with E-state index in [1.165, 1.54) is 6.20 Å². The van der Waals surface area contributed by atoms with Crippen LogP contribution in [0.5, 0.6) is 5.75 Å². The van der Waals surface area contributed by atoms with E-state index in [4.69, 9.17) is 4.74 Å². The summed E-state index contributed by atoms with van der Waals surface area (Å²) in [6.07, 6.45) is -8.10. The third-order valence-corrected chi connectivity index (χ3v) is 7.48. The number of ether oxygens (including phenoxy) is 1. The number of piperidine rings is 1. The highest BCUT2D eigenvalue weighted by atomic mass is 19.4. The minimum atomic E-state index is -6.08. The van der Waals surface area contributed by atoms with Gasteiger partial charge >= 0.3 is 12.4 Å². The lowest BCUT2D eigenvalue weighted by Crippen LogP contribution is -2.53. The molecule has 2 aromatic carbocycles. The third kappa shape index (κ3) is 4.78. The number of rotatable bonds is 4. The molecule has 40 heavy (non-hydrogen) atoms. The van der Waals surface area contributed by atoms with Gasteiger partial charge in [0.25, 0.3) is 5.60 Å². The average molecular weight is 576 g/mol. The highest BCUT2D eigenvalue weighted by molar-refractivity contribution is 5.66. The molecule has 3 aromatic rings. The first-order valence-corrected chi connectivity index (χ1v) is 12.1. The topological polar surface area (TPSA) is 45.6 Å². The van der Waals surface area contributed by atoms with Gasteiger partial charge in [0.05, 0.1) is 18.0 Å². The normalized spacial score (nSPS) is 17.6. The van der Waals surface area contributed by atoms with E-state index in [0.29, 0.717) is 67.9 Å². The zero-order chi connectivity index (χ0) is 29.1. The average Bonchev–Trinajstić information content (AvgIpc) is 3.23. The van der Waals surface area contributed by atoms with Crippen LogP contribution in [0, 0.1) is 17.5 Å². The Morgan fingerprint density at radius 2 is 1.43 bits per heavy atom. The minimum absolute atomic E-state index is 0.163. The van der Waals surface area contributed by atoms with Crippen LogP contribution in [0.3, 0.4) is 0 Å². The molecule has 0 aliphatic carbocycles. The van der Waals surface area contributed by atoms with Gasteiger partial charge in [-0.15, -0.1) is 0 Å². The predicted molar refractivity (Wildman–Crippen MR) is 124 cm³/mol. The molecule has 3 heterocycles. The number of aromatic nitrogens is 1. The van der Waals surface area contributed by atoms with Crippen molar-refractivity contribution >= 4 is 0 Å². The number of hydrogen-bond acceptors (Lipinski definition) is 4. The van der Waals surface area contributed by atoms with Crippen LogP contribution >= 0.6 is 0 Å². The van der Waals surface area contributed by atoms with Crippen molar-refractivity contribution in [1.29, 1.82) is 0 Å². The number of nitrogens with zero attached hydrogens (tertiary/aromatic N) is 2. The molecule has 4 nitrogen and oxygen atoms in total. The van der Waals surface area contributed by atoms with Gasteiger partial charge in [0.1, 0.15) is 28.8 Å². The fraction of sp³-hybridized carbons (Fsp3) is 0.370. The summed E-state index contributed by atoms with van der Waals surface area (Å²) in [4.78, 5) is 5.74. The zero-order valence-electron chi connectivity index (χ0n) is 20.5. The maximum absolute atomic E-state index is 15.0. The van der Waals surface area contributed by atoms with Crippen LogP contribution < -0.4 is 4.74 Å². The second-order valence-corrected chi connectivity index (χ2v) is 10.1. The predicted octanol–water partition coefficient (Wildman–Crippen LogP) is 6.45. The Kier molecular flexibility index (Phi) is 6.81. The fourth-order valence-corrected chi connectivity index (χ4v) is 5.31. The van der Waals surface area contributed by atoms with Crippen molar-refractivity contribution in [3.63, 3.8) is 0 Å². The molecule has 2 aliphatic rings. The molecular formula is C27H21F9N2O2. The standard InChI is InChI=1S/C27H21F9N2O2/c28-19-9-15(14-38-7-5-24(6-8-38)11-18-21(30)12-37-13-22(18)40-24)10-20(29)23(19)16-1-3-17(4-2-16)25(39,26(31,32)33)27(34,35)36/h1-4,9-10,12-13,39H,5-8,11,14H2. The summed E-state index contributed by atoms with van der Waals surface area (Å²) in [6.45, 7) is 1.16. The van der Waals surface area contributed by atoms with Gasteiger partial charge < -0.3 is 9.84 Å². The van der Waals surface area contributed by atoms with Crippen LogP contribution in [0.1, 0.15) is 29.5 Å². The van der Waals surface area contributed by atoms with Gasteiger partial charge in [-0.05, 0) is 23.3 Å². The molecule has 0 radical (unpaired) electrons. The van der Waals surface area contributed by atoms with Gasteiger partial charge in [-0.3, -0.25) is 9.88 Å². The van der Waals surface area contributed by atoms with Gasteiger partial charge in [-0.2, -0.15) is 26.3 Å². The lowest BCUT2D eigenvalue weighted by Gasteiger charge is -2.38. The third-order valence-electron chi connectivity index (χ3n) is 7.48. The summed E-state index contributed by atoms with van der Waals surface area (Å²) in [5.41, 5.74) is -7.48. The second-order valence-electron chi connectivity index (χ2n) is 10.1. The van der Waals surface area contributed by atoms with Crippen LogP contribution in [0.2, 0.25) is 0 Å². The number of aliphatic hydroxyl groups is 1. The number of alkyl halides is 6. The Labute approximate surface area is 222 Å². The van der Waals surface area contributed by atoms with Gasteiger partial charge in [0.15, 0.2) is 0 Å². The van der Waals surface area contributed by atoms with Gasteiger partial charge in [-0.25, -0.2) is 13.2 Å². The van der Waals surface area contributed by atoms with Gasteiger partial charge in [-0.1, -0.05) is 24.3 Å². The molecule has 1 N–H and O–H groups in total. The molecule has 0 saturated carbocycles. The van der Waals surface area contributed by atoms with Crippen molar-refractivity contribution in [1.82, 2.24) is 9.88 Å². The van der Waals surface area contributed by atoms with Crippen molar-refractivity contribution in [3.05, 3.63) is 82.9 Å². The van der Waals surface area contributed by atoms with E-state index in [1.54, 1.807) is 0 Å². The maximum atomic E-state index is 15.0. The molecule has 5 rings (SSSR count). The lowest BCUT2D eigenvalue weighted by atomic mass is 9.87. The van der Waals surface area contributed by atoms with Crippen LogP contribution in [-0.2, 0) is 18.6 Å². The number of hydrogen-bond donors (Lipinski definition) is 1. The Hall–Kier alpha value is -3.32. The molecule has 0 unspecified atom stereocenters. The lowest BCUT2D eigenvalue weighted by molar-refractivity contribution is -0.376. The molecule has 214 valence electrons. The Morgan fingerprint density at radius 1 is 0.850 bits per heavy atom. The number of fused-ring (bicyclic) bond motifs is 1. The molecule has 1 spiro atoms. The van der Waals surface area contributed by atoms with E-state index >= 15 is 0 Å². The van der Waals surface area contributed by atoms with Crippen molar-refractivity contribution in [2.24, 2.45) is 0 Å². The van der Waals surface area contributed by atoms with E-state index in [-0.39, 0.29) is 17.7 Å². The fourth-order valence-electron chi connectivity index (χ4n) is 5.31.